The molecule has 0 bridgehead atoms. The van der Waals surface area contributed by atoms with Crippen molar-refractivity contribution in [3.05, 3.63) is 29.3 Å². The van der Waals surface area contributed by atoms with Crippen LogP contribution in [-0.4, -0.2) is 17.1 Å². The third-order valence-electron chi connectivity index (χ3n) is 2.78. The molecule has 18 heavy (non-hydrogen) atoms. The van der Waals surface area contributed by atoms with E-state index in [1.54, 1.807) is 6.07 Å². The highest BCUT2D eigenvalue weighted by molar-refractivity contribution is 5.76. The fourth-order valence-corrected chi connectivity index (χ4v) is 1.69. The van der Waals surface area contributed by atoms with E-state index in [0.29, 0.717) is 18.5 Å². The monoisotopic (exact) mass is 250 g/mol. The number of aliphatic hydroxyl groups excluding tert-OH is 1. The molecule has 0 aliphatic rings. The van der Waals surface area contributed by atoms with Crippen molar-refractivity contribution < 1.29 is 9.90 Å². The highest BCUT2D eigenvalue weighted by Crippen LogP contribution is 2.22. The maximum Gasteiger partial charge on any atom is 0.220 e. The summed E-state index contributed by atoms with van der Waals surface area (Å²) in [5.41, 5.74) is 8.20. The van der Waals surface area contributed by atoms with Gasteiger partial charge in [0.1, 0.15) is 0 Å². The molecule has 0 fully saturated rings. The van der Waals surface area contributed by atoms with Crippen LogP contribution >= 0.6 is 0 Å². The zero-order valence-electron chi connectivity index (χ0n) is 11.2. The number of aryl methyl sites for hydroxylation is 1. The smallest absolute Gasteiger partial charge is 0.220 e. The van der Waals surface area contributed by atoms with Gasteiger partial charge in [0, 0.05) is 18.2 Å². The Hall–Kier alpha value is -1.55. The van der Waals surface area contributed by atoms with E-state index in [1.165, 1.54) is 0 Å². The van der Waals surface area contributed by atoms with Gasteiger partial charge in [-0.05, 0) is 44.4 Å². The first-order valence-corrected chi connectivity index (χ1v) is 6.23. The van der Waals surface area contributed by atoms with Gasteiger partial charge in [-0.3, -0.25) is 4.79 Å². The number of anilines is 1. The summed E-state index contributed by atoms with van der Waals surface area (Å²) < 4.78 is 0. The standard InChI is InChI=1S/C14H22N2O2/c1-9(2)16-14(18)7-6-13(17)11-5-4-10(3)12(15)8-11/h4-5,8-9,13,17H,6-7,15H2,1-3H3,(H,16,18). The van der Waals surface area contributed by atoms with Gasteiger partial charge in [-0.1, -0.05) is 12.1 Å². The van der Waals surface area contributed by atoms with Gasteiger partial charge in [0.2, 0.25) is 5.91 Å². The van der Waals surface area contributed by atoms with Crippen LogP contribution in [0.15, 0.2) is 18.2 Å². The summed E-state index contributed by atoms with van der Waals surface area (Å²) in [7, 11) is 0. The highest BCUT2D eigenvalue weighted by atomic mass is 16.3. The first kappa shape index (κ1) is 14.5. The lowest BCUT2D eigenvalue weighted by atomic mass is 10.0. The van der Waals surface area contributed by atoms with Crippen LogP contribution in [-0.2, 0) is 4.79 Å². The number of carbonyl (C=O) groups excluding carboxylic acids is 1. The Balaban J connectivity index is 2.52. The van der Waals surface area contributed by atoms with Crippen molar-refractivity contribution in [2.24, 2.45) is 0 Å². The van der Waals surface area contributed by atoms with E-state index in [1.807, 2.05) is 32.9 Å². The third-order valence-corrected chi connectivity index (χ3v) is 2.78. The predicted octanol–water partition coefficient (Wildman–Crippen LogP) is 1.92. The lowest BCUT2D eigenvalue weighted by Crippen LogP contribution is -2.30. The largest absolute Gasteiger partial charge is 0.399 e. The molecular formula is C14H22N2O2. The molecule has 100 valence electrons. The van der Waals surface area contributed by atoms with Crippen molar-refractivity contribution in [3.8, 4) is 0 Å². The molecule has 4 heteroatoms. The Kier molecular flexibility index (Phi) is 5.16. The van der Waals surface area contributed by atoms with E-state index < -0.39 is 6.10 Å². The number of hydrogen-bond donors (Lipinski definition) is 3. The number of amides is 1. The highest BCUT2D eigenvalue weighted by Gasteiger charge is 2.11. The molecule has 1 unspecified atom stereocenters. The van der Waals surface area contributed by atoms with Crippen LogP contribution in [0.3, 0.4) is 0 Å². The van der Waals surface area contributed by atoms with Gasteiger partial charge in [-0.15, -0.1) is 0 Å². The first-order chi connectivity index (χ1) is 8.40. The SMILES string of the molecule is Cc1ccc(C(O)CCC(=O)NC(C)C)cc1N. The van der Waals surface area contributed by atoms with Crippen molar-refractivity contribution in [3.63, 3.8) is 0 Å². The molecular weight excluding hydrogens is 228 g/mol. The number of rotatable bonds is 5. The molecule has 0 radical (unpaired) electrons. The van der Waals surface area contributed by atoms with E-state index in [-0.39, 0.29) is 11.9 Å². The number of benzene rings is 1. The second kappa shape index (κ2) is 6.40. The molecule has 4 nitrogen and oxygen atoms in total. The van der Waals surface area contributed by atoms with Crippen LogP contribution in [0.25, 0.3) is 0 Å². The average Bonchev–Trinajstić information content (AvgIpc) is 2.28. The molecule has 4 N–H and O–H groups in total. The van der Waals surface area contributed by atoms with Gasteiger partial charge in [0.15, 0.2) is 0 Å². The zero-order chi connectivity index (χ0) is 13.7. The van der Waals surface area contributed by atoms with Crippen LogP contribution in [0.5, 0.6) is 0 Å². The van der Waals surface area contributed by atoms with Crippen LogP contribution in [0.2, 0.25) is 0 Å². The number of hydrogen-bond acceptors (Lipinski definition) is 3. The van der Waals surface area contributed by atoms with Gasteiger partial charge >= 0.3 is 0 Å². The number of nitrogen functional groups attached to an aromatic ring is 1. The van der Waals surface area contributed by atoms with Crippen molar-refractivity contribution in [2.45, 2.75) is 45.8 Å². The normalized spacial score (nSPS) is 12.5. The number of nitrogens with one attached hydrogen (secondary N) is 1. The van der Waals surface area contributed by atoms with Gasteiger partial charge in [0.05, 0.1) is 6.10 Å². The minimum Gasteiger partial charge on any atom is -0.399 e. The molecule has 0 saturated carbocycles. The lowest BCUT2D eigenvalue weighted by molar-refractivity contribution is -0.122. The van der Waals surface area contributed by atoms with Crippen molar-refractivity contribution in [2.75, 3.05) is 5.73 Å². The van der Waals surface area contributed by atoms with E-state index in [0.717, 1.165) is 11.1 Å². The number of nitrogens with two attached hydrogens (primary N) is 1. The Morgan fingerprint density at radius 3 is 2.67 bits per heavy atom. The Morgan fingerprint density at radius 1 is 1.44 bits per heavy atom. The summed E-state index contributed by atoms with van der Waals surface area (Å²) in [6.07, 6.45) is 0.0691. The molecule has 1 aromatic rings. The molecule has 1 atom stereocenters. The van der Waals surface area contributed by atoms with Crippen molar-refractivity contribution in [1.82, 2.24) is 5.32 Å². The predicted molar refractivity (Wildman–Crippen MR) is 73.1 cm³/mol. The first-order valence-electron chi connectivity index (χ1n) is 6.23. The van der Waals surface area contributed by atoms with Crippen LogP contribution in [0, 0.1) is 6.92 Å². The Bertz CT molecular complexity index is 416. The second-order valence-electron chi connectivity index (χ2n) is 4.89. The Morgan fingerprint density at radius 2 is 2.11 bits per heavy atom. The zero-order valence-corrected chi connectivity index (χ0v) is 11.2. The van der Waals surface area contributed by atoms with E-state index in [9.17, 15) is 9.90 Å². The summed E-state index contributed by atoms with van der Waals surface area (Å²) in [6.45, 7) is 5.74. The third kappa shape index (κ3) is 4.37. The van der Waals surface area contributed by atoms with Crippen LogP contribution in [0.4, 0.5) is 5.69 Å². The summed E-state index contributed by atoms with van der Waals surface area (Å²) in [5.74, 6) is -0.0378. The fraction of sp³-hybridized carbons (Fsp3) is 0.500. The summed E-state index contributed by atoms with van der Waals surface area (Å²) in [5, 5.41) is 12.8. The molecule has 1 amide bonds. The second-order valence-corrected chi connectivity index (χ2v) is 4.89. The molecule has 0 heterocycles. The molecule has 0 aliphatic carbocycles. The number of carbonyl (C=O) groups is 1. The molecule has 0 spiro atoms. The summed E-state index contributed by atoms with van der Waals surface area (Å²) in [4.78, 5) is 11.5. The maximum atomic E-state index is 11.5. The molecule has 1 aromatic carbocycles. The quantitative estimate of drug-likeness (QED) is 0.699. The van der Waals surface area contributed by atoms with Crippen molar-refractivity contribution >= 4 is 11.6 Å². The van der Waals surface area contributed by atoms with E-state index >= 15 is 0 Å². The summed E-state index contributed by atoms with van der Waals surface area (Å²) >= 11 is 0. The van der Waals surface area contributed by atoms with Crippen LogP contribution in [0.1, 0.15) is 43.9 Å². The Labute approximate surface area is 108 Å². The van der Waals surface area contributed by atoms with E-state index in [4.69, 9.17) is 5.73 Å². The summed E-state index contributed by atoms with van der Waals surface area (Å²) in [6, 6.07) is 5.61. The molecule has 0 aromatic heterocycles. The van der Waals surface area contributed by atoms with Gasteiger partial charge < -0.3 is 16.2 Å². The van der Waals surface area contributed by atoms with Crippen molar-refractivity contribution in [1.29, 1.82) is 0 Å². The molecule has 0 aliphatic heterocycles. The minimum absolute atomic E-state index is 0.0378. The van der Waals surface area contributed by atoms with Gasteiger partial charge in [-0.2, -0.15) is 0 Å². The molecule has 1 rings (SSSR count). The maximum absolute atomic E-state index is 11.5. The fourth-order valence-electron chi connectivity index (χ4n) is 1.69. The molecule has 0 saturated heterocycles. The number of aliphatic hydroxyl groups is 1. The topological polar surface area (TPSA) is 75.3 Å². The van der Waals surface area contributed by atoms with E-state index in [2.05, 4.69) is 5.32 Å². The van der Waals surface area contributed by atoms with Gasteiger partial charge in [-0.25, -0.2) is 0 Å². The minimum atomic E-state index is -0.647. The lowest BCUT2D eigenvalue weighted by Gasteiger charge is -2.13. The van der Waals surface area contributed by atoms with Gasteiger partial charge in [0.25, 0.3) is 0 Å². The van der Waals surface area contributed by atoms with Crippen LogP contribution < -0.4 is 11.1 Å². The average molecular weight is 250 g/mol.